The van der Waals surface area contributed by atoms with Crippen LogP contribution in [0.2, 0.25) is 5.02 Å². The summed E-state index contributed by atoms with van der Waals surface area (Å²) in [5.74, 6) is 0.709. The Morgan fingerprint density at radius 1 is 1.18 bits per heavy atom. The number of nitrogens with zero attached hydrogens (tertiary/aromatic N) is 1. The van der Waals surface area contributed by atoms with Crippen LogP contribution in [-0.2, 0) is 4.79 Å². The molecule has 3 nitrogen and oxygen atoms in total. The number of para-hydroxylation sites is 1. The quantitative estimate of drug-likeness (QED) is 0.654. The zero-order chi connectivity index (χ0) is 15.4. The zero-order valence-corrected chi connectivity index (χ0v) is 14.0. The summed E-state index contributed by atoms with van der Waals surface area (Å²) in [7, 11) is 0. The van der Waals surface area contributed by atoms with E-state index in [9.17, 15) is 4.79 Å². The van der Waals surface area contributed by atoms with Crippen molar-refractivity contribution in [2.24, 2.45) is 0 Å². The third-order valence-corrected chi connectivity index (χ3v) is 5.21. The molecular weight excluding hydrogens is 336 g/mol. The Morgan fingerprint density at radius 3 is 2.77 bits per heavy atom. The van der Waals surface area contributed by atoms with E-state index >= 15 is 0 Å². The summed E-state index contributed by atoms with van der Waals surface area (Å²) in [6, 6.07) is 15.7. The highest BCUT2D eigenvalue weighted by atomic mass is 35.5. The van der Waals surface area contributed by atoms with Crippen molar-refractivity contribution < 1.29 is 4.79 Å². The van der Waals surface area contributed by atoms with E-state index in [4.69, 9.17) is 11.6 Å². The maximum absolute atomic E-state index is 12.0. The Kier molecular flexibility index (Phi) is 4.97. The van der Waals surface area contributed by atoms with E-state index in [1.807, 2.05) is 42.5 Å². The minimum Gasteiger partial charge on any atom is -0.302 e. The average molecular weight is 349 g/mol. The molecule has 0 radical (unpaired) electrons. The highest BCUT2D eigenvalue weighted by molar-refractivity contribution is 7.99. The third kappa shape index (κ3) is 3.80. The van der Waals surface area contributed by atoms with Crippen LogP contribution in [-0.4, -0.2) is 16.6 Å². The Balaban J connectivity index is 1.55. The molecule has 3 aromatic rings. The average Bonchev–Trinajstić information content (AvgIpc) is 2.92. The fourth-order valence-electron chi connectivity index (χ4n) is 1.93. The number of aromatic nitrogens is 1. The SMILES string of the molecule is O=C(CCSc1ccccc1)Nc1nc2c(Cl)cccc2s1. The maximum Gasteiger partial charge on any atom is 0.226 e. The lowest BCUT2D eigenvalue weighted by Crippen LogP contribution is -2.11. The number of rotatable bonds is 5. The Hall–Kier alpha value is -1.56. The fourth-order valence-corrected chi connectivity index (χ4v) is 3.98. The van der Waals surface area contributed by atoms with E-state index in [2.05, 4.69) is 10.3 Å². The van der Waals surface area contributed by atoms with Crippen molar-refractivity contribution in [1.29, 1.82) is 0 Å². The van der Waals surface area contributed by atoms with Gasteiger partial charge in [0.2, 0.25) is 5.91 Å². The van der Waals surface area contributed by atoms with Gasteiger partial charge in [-0.3, -0.25) is 4.79 Å². The molecule has 3 rings (SSSR count). The Bertz CT molecular complexity index is 789. The van der Waals surface area contributed by atoms with Gasteiger partial charge in [-0.1, -0.05) is 47.2 Å². The van der Waals surface area contributed by atoms with Crippen molar-refractivity contribution in [3.8, 4) is 0 Å². The van der Waals surface area contributed by atoms with Gasteiger partial charge in [-0.25, -0.2) is 4.98 Å². The number of thiazole rings is 1. The van der Waals surface area contributed by atoms with Gasteiger partial charge in [-0.2, -0.15) is 0 Å². The van der Waals surface area contributed by atoms with E-state index in [1.54, 1.807) is 17.8 Å². The predicted molar refractivity (Wildman–Crippen MR) is 95.0 cm³/mol. The molecule has 1 N–H and O–H groups in total. The van der Waals surface area contributed by atoms with Gasteiger partial charge in [0, 0.05) is 17.1 Å². The molecule has 1 aromatic heterocycles. The normalized spacial score (nSPS) is 10.8. The first-order valence-electron chi connectivity index (χ1n) is 6.75. The Labute approximate surface area is 141 Å². The van der Waals surface area contributed by atoms with E-state index in [0.29, 0.717) is 16.6 Å². The van der Waals surface area contributed by atoms with Crippen molar-refractivity contribution >= 4 is 56.0 Å². The van der Waals surface area contributed by atoms with Crippen LogP contribution >= 0.6 is 34.7 Å². The molecule has 6 heteroatoms. The summed E-state index contributed by atoms with van der Waals surface area (Å²) in [5, 5.41) is 4.04. The number of benzene rings is 2. The second-order valence-electron chi connectivity index (χ2n) is 4.57. The van der Waals surface area contributed by atoms with Gasteiger partial charge in [0.25, 0.3) is 0 Å². The largest absolute Gasteiger partial charge is 0.302 e. The first-order valence-corrected chi connectivity index (χ1v) is 8.93. The highest BCUT2D eigenvalue weighted by Gasteiger charge is 2.09. The number of carbonyl (C=O) groups excluding carboxylic acids is 1. The molecule has 0 aliphatic heterocycles. The molecule has 0 atom stereocenters. The summed E-state index contributed by atoms with van der Waals surface area (Å²) in [5.41, 5.74) is 0.739. The van der Waals surface area contributed by atoms with Gasteiger partial charge >= 0.3 is 0 Å². The molecule has 0 spiro atoms. The first-order chi connectivity index (χ1) is 10.7. The number of carbonyl (C=O) groups is 1. The van der Waals surface area contributed by atoms with E-state index in [-0.39, 0.29) is 5.91 Å². The van der Waals surface area contributed by atoms with Gasteiger partial charge in [-0.05, 0) is 24.3 Å². The molecule has 1 amide bonds. The molecule has 112 valence electrons. The number of hydrogen-bond acceptors (Lipinski definition) is 4. The minimum atomic E-state index is -0.0291. The third-order valence-electron chi connectivity index (χ3n) is 2.96. The molecule has 0 unspecified atom stereocenters. The molecule has 0 fully saturated rings. The smallest absolute Gasteiger partial charge is 0.226 e. The van der Waals surface area contributed by atoms with Crippen LogP contribution in [0.1, 0.15) is 6.42 Å². The van der Waals surface area contributed by atoms with Gasteiger partial charge in [0.15, 0.2) is 5.13 Å². The molecule has 0 saturated heterocycles. The number of anilines is 1. The highest BCUT2D eigenvalue weighted by Crippen LogP contribution is 2.30. The summed E-state index contributed by atoms with van der Waals surface area (Å²) >= 11 is 9.19. The van der Waals surface area contributed by atoms with Crippen LogP contribution in [0.15, 0.2) is 53.4 Å². The van der Waals surface area contributed by atoms with Crippen LogP contribution in [0.3, 0.4) is 0 Å². The Morgan fingerprint density at radius 2 is 2.00 bits per heavy atom. The van der Waals surface area contributed by atoms with Crippen LogP contribution in [0, 0.1) is 0 Å². The van der Waals surface area contributed by atoms with Crippen molar-refractivity contribution in [1.82, 2.24) is 4.98 Å². The number of amides is 1. The monoisotopic (exact) mass is 348 g/mol. The number of halogens is 1. The number of hydrogen-bond donors (Lipinski definition) is 1. The molecule has 2 aromatic carbocycles. The van der Waals surface area contributed by atoms with Gasteiger partial charge in [-0.15, -0.1) is 11.8 Å². The summed E-state index contributed by atoms with van der Waals surface area (Å²) in [6.07, 6.45) is 0.448. The lowest BCUT2D eigenvalue weighted by Gasteiger charge is -2.02. The van der Waals surface area contributed by atoms with E-state index in [1.165, 1.54) is 16.2 Å². The van der Waals surface area contributed by atoms with Crippen LogP contribution < -0.4 is 5.32 Å². The second-order valence-corrected chi connectivity index (χ2v) is 7.17. The second kappa shape index (κ2) is 7.13. The molecule has 22 heavy (non-hydrogen) atoms. The van der Waals surface area contributed by atoms with Gasteiger partial charge in [0.05, 0.1) is 9.72 Å². The maximum atomic E-state index is 12.0. The lowest BCUT2D eigenvalue weighted by molar-refractivity contribution is -0.115. The van der Waals surface area contributed by atoms with Crippen LogP contribution in [0.25, 0.3) is 10.2 Å². The minimum absolute atomic E-state index is 0.0291. The molecular formula is C16H13ClN2OS2. The van der Waals surface area contributed by atoms with Crippen molar-refractivity contribution in [3.05, 3.63) is 53.6 Å². The van der Waals surface area contributed by atoms with Crippen molar-refractivity contribution in [2.45, 2.75) is 11.3 Å². The summed E-state index contributed by atoms with van der Waals surface area (Å²) in [6.45, 7) is 0. The zero-order valence-electron chi connectivity index (χ0n) is 11.6. The lowest BCUT2D eigenvalue weighted by atomic mass is 10.3. The van der Waals surface area contributed by atoms with Gasteiger partial charge < -0.3 is 5.32 Å². The fraction of sp³-hybridized carbons (Fsp3) is 0.125. The van der Waals surface area contributed by atoms with Crippen LogP contribution in [0.5, 0.6) is 0 Å². The number of thioether (sulfide) groups is 1. The van der Waals surface area contributed by atoms with Gasteiger partial charge in [0.1, 0.15) is 5.52 Å². The number of fused-ring (bicyclic) bond motifs is 1. The topological polar surface area (TPSA) is 42.0 Å². The first kappa shape index (κ1) is 15.3. The van der Waals surface area contributed by atoms with Crippen LogP contribution in [0.4, 0.5) is 5.13 Å². The molecule has 1 heterocycles. The number of nitrogens with one attached hydrogen (secondary N) is 1. The molecule has 0 saturated carbocycles. The standard InChI is InChI=1S/C16H13ClN2OS2/c17-12-7-4-8-13-15(12)19-16(22-13)18-14(20)9-10-21-11-5-2-1-3-6-11/h1-8H,9-10H2,(H,18,19,20). The molecule has 0 bridgehead atoms. The van der Waals surface area contributed by atoms with E-state index < -0.39 is 0 Å². The molecule has 0 aliphatic carbocycles. The van der Waals surface area contributed by atoms with E-state index in [0.717, 1.165) is 16.0 Å². The van der Waals surface area contributed by atoms with Crippen molar-refractivity contribution in [2.75, 3.05) is 11.1 Å². The summed E-state index contributed by atoms with van der Waals surface area (Å²) in [4.78, 5) is 17.5. The predicted octanol–water partition coefficient (Wildman–Crippen LogP) is 5.07. The molecule has 0 aliphatic rings. The van der Waals surface area contributed by atoms with Crippen molar-refractivity contribution in [3.63, 3.8) is 0 Å². The summed E-state index contributed by atoms with van der Waals surface area (Å²) < 4.78 is 0.974.